The molecule has 1 saturated heterocycles. The third kappa shape index (κ3) is 6.52. The summed E-state index contributed by atoms with van der Waals surface area (Å²) < 4.78 is 36.8. The van der Waals surface area contributed by atoms with Crippen molar-refractivity contribution in [2.24, 2.45) is 5.92 Å². The average Bonchev–Trinajstić information content (AvgIpc) is 2.78. The van der Waals surface area contributed by atoms with E-state index in [1.54, 1.807) is 0 Å². The standard InChI is InChI=1S/C21H30N2O6S/c24-20(16-29-21(25)11-6-17-4-2-1-3-5-17)22-18-7-9-19(10-8-18)30(26,27)23-12-14-28-15-13-23/h7-10,17H,1-6,11-16H2,(H,22,24). The van der Waals surface area contributed by atoms with Crippen molar-refractivity contribution in [3.8, 4) is 0 Å². The van der Waals surface area contributed by atoms with Crippen LogP contribution in [0.4, 0.5) is 5.69 Å². The van der Waals surface area contributed by atoms with Crippen LogP contribution in [0.5, 0.6) is 0 Å². The van der Waals surface area contributed by atoms with Crippen LogP contribution in [-0.2, 0) is 29.1 Å². The van der Waals surface area contributed by atoms with Gasteiger partial charge >= 0.3 is 5.97 Å². The number of rotatable bonds is 8. The monoisotopic (exact) mass is 438 g/mol. The van der Waals surface area contributed by atoms with Gasteiger partial charge in [0.05, 0.1) is 18.1 Å². The van der Waals surface area contributed by atoms with E-state index in [9.17, 15) is 18.0 Å². The van der Waals surface area contributed by atoms with Gasteiger partial charge in [-0.2, -0.15) is 4.31 Å². The fourth-order valence-electron chi connectivity index (χ4n) is 3.86. The van der Waals surface area contributed by atoms with E-state index in [4.69, 9.17) is 9.47 Å². The molecule has 1 saturated carbocycles. The van der Waals surface area contributed by atoms with Crippen molar-refractivity contribution in [2.45, 2.75) is 49.8 Å². The third-order valence-electron chi connectivity index (χ3n) is 5.59. The van der Waals surface area contributed by atoms with Gasteiger partial charge in [0, 0.05) is 25.2 Å². The number of esters is 1. The largest absolute Gasteiger partial charge is 0.456 e. The van der Waals surface area contributed by atoms with E-state index in [-0.39, 0.29) is 17.5 Å². The predicted octanol–water partition coefficient (Wildman–Crippen LogP) is 2.55. The molecule has 0 unspecified atom stereocenters. The smallest absolute Gasteiger partial charge is 0.306 e. The molecule has 8 nitrogen and oxygen atoms in total. The maximum atomic E-state index is 12.6. The molecule has 3 rings (SSSR count). The number of sulfonamides is 1. The van der Waals surface area contributed by atoms with Crippen molar-refractivity contribution >= 4 is 27.6 Å². The van der Waals surface area contributed by atoms with Crippen LogP contribution in [0.25, 0.3) is 0 Å². The highest BCUT2D eigenvalue weighted by Crippen LogP contribution is 2.27. The zero-order chi connectivity index (χ0) is 21.4. The van der Waals surface area contributed by atoms with Crippen LogP contribution in [0.3, 0.4) is 0 Å². The first-order valence-corrected chi connectivity index (χ1v) is 12.0. The third-order valence-corrected chi connectivity index (χ3v) is 7.50. The number of morpholine rings is 1. The van der Waals surface area contributed by atoms with Crippen molar-refractivity contribution in [1.82, 2.24) is 4.31 Å². The van der Waals surface area contributed by atoms with Gasteiger partial charge in [0.2, 0.25) is 10.0 Å². The molecule has 1 amide bonds. The summed E-state index contributed by atoms with van der Waals surface area (Å²) in [5.41, 5.74) is 0.444. The second-order valence-corrected chi connectivity index (χ2v) is 9.73. The number of hydrogen-bond acceptors (Lipinski definition) is 6. The molecule has 30 heavy (non-hydrogen) atoms. The molecule has 1 aromatic carbocycles. The Morgan fingerprint density at radius 2 is 1.73 bits per heavy atom. The predicted molar refractivity (Wildman–Crippen MR) is 111 cm³/mol. The highest BCUT2D eigenvalue weighted by molar-refractivity contribution is 7.89. The van der Waals surface area contributed by atoms with Crippen LogP contribution >= 0.6 is 0 Å². The first-order chi connectivity index (χ1) is 14.4. The molecular formula is C21H30N2O6S. The first-order valence-electron chi connectivity index (χ1n) is 10.6. The quantitative estimate of drug-likeness (QED) is 0.626. The van der Waals surface area contributed by atoms with Gasteiger partial charge in [-0.3, -0.25) is 9.59 Å². The van der Waals surface area contributed by atoms with Crippen molar-refractivity contribution in [2.75, 3.05) is 38.2 Å². The highest BCUT2D eigenvalue weighted by Gasteiger charge is 2.26. The summed E-state index contributed by atoms with van der Waals surface area (Å²) >= 11 is 0. The molecule has 166 valence electrons. The van der Waals surface area contributed by atoms with Gasteiger partial charge in [0.15, 0.2) is 6.61 Å². The van der Waals surface area contributed by atoms with Crippen molar-refractivity contribution < 1.29 is 27.5 Å². The van der Waals surface area contributed by atoms with Crippen LogP contribution in [0.1, 0.15) is 44.9 Å². The van der Waals surface area contributed by atoms with Gasteiger partial charge in [0.25, 0.3) is 5.91 Å². The minimum Gasteiger partial charge on any atom is -0.456 e. The van der Waals surface area contributed by atoms with Crippen LogP contribution < -0.4 is 5.32 Å². The van der Waals surface area contributed by atoms with Gasteiger partial charge in [0.1, 0.15) is 0 Å². The summed E-state index contributed by atoms with van der Waals surface area (Å²) in [7, 11) is -3.57. The highest BCUT2D eigenvalue weighted by atomic mass is 32.2. The molecule has 1 N–H and O–H groups in total. The van der Waals surface area contributed by atoms with Gasteiger partial charge < -0.3 is 14.8 Å². The lowest BCUT2D eigenvalue weighted by Crippen LogP contribution is -2.40. The molecule has 2 aliphatic rings. The fraction of sp³-hybridized carbons (Fsp3) is 0.619. The van der Waals surface area contributed by atoms with Crippen LogP contribution in [0, 0.1) is 5.92 Å². The Bertz CT molecular complexity index is 812. The Morgan fingerprint density at radius 3 is 2.40 bits per heavy atom. The number of nitrogens with zero attached hydrogens (tertiary/aromatic N) is 1. The maximum absolute atomic E-state index is 12.6. The molecule has 0 aromatic heterocycles. The van der Waals surface area contributed by atoms with E-state index >= 15 is 0 Å². The number of nitrogens with one attached hydrogen (secondary N) is 1. The second kappa shape index (κ2) is 10.9. The van der Waals surface area contributed by atoms with Crippen LogP contribution in [-0.4, -0.2) is 57.5 Å². The minimum absolute atomic E-state index is 0.163. The van der Waals surface area contributed by atoms with Crippen molar-refractivity contribution in [3.63, 3.8) is 0 Å². The summed E-state index contributed by atoms with van der Waals surface area (Å²) in [6.45, 7) is 1.07. The van der Waals surface area contributed by atoms with E-state index in [0.29, 0.717) is 44.3 Å². The van der Waals surface area contributed by atoms with Crippen LogP contribution in [0.2, 0.25) is 0 Å². The molecule has 9 heteroatoms. The van der Waals surface area contributed by atoms with E-state index in [2.05, 4.69) is 5.32 Å². The topological polar surface area (TPSA) is 102 Å². The summed E-state index contributed by atoms with van der Waals surface area (Å²) in [6, 6.07) is 5.96. The second-order valence-electron chi connectivity index (χ2n) is 7.79. The lowest BCUT2D eigenvalue weighted by Gasteiger charge is -2.26. The normalized spacial score (nSPS) is 18.7. The van der Waals surface area contributed by atoms with E-state index in [0.717, 1.165) is 6.42 Å². The Labute approximate surface area is 178 Å². The van der Waals surface area contributed by atoms with Crippen LogP contribution in [0.15, 0.2) is 29.2 Å². The number of anilines is 1. The lowest BCUT2D eigenvalue weighted by atomic mass is 9.86. The maximum Gasteiger partial charge on any atom is 0.306 e. The average molecular weight is 439 g/mol. The Kier molecular flexibility index (Phi) is 8.24. The summed E-state index contributed by atoms with van der Waals surface area (Å²) in [5, 5.41) is 2.62. The number of ether oxygens (including phenoxy) is 2. The molecule has 2 fully saturated rings. The van der Waals surface area contributed by atoms with Gasteiger partial charge in [-0.05, 0) is 36.6 Å². The Morgan fingerprint density at radius 1 is 1.07 bits per heavy atom. The molecule has 0 radical (unpaired) electrons. The SMILES string of the molecule is O=C(COC(=O)CCC1CCCCC1)Nc1ccc(S(=O)(=O)N2CCOCC2)cc1. The fourth-order valence-corrected chi connectivity index (χ4v) is 5.27. The molecule has 0 atom stereocenters. The summed E-state index contributed by atoms with van der Waals surface area (Å²) in [5.74, 6) is -0.222. The molecule has 1 aliphatic carbocycles. The Hall–Kier alpha value is -1.97. The van der Waals surface area contributed by atoms with E-state index < -0.39 is 15.9 Å². The molecular weight excluding hydrogens is 408 g/mol. The zero-order valence-electron chi connectivity index (χ0n) is 17.2. The number of hydrogen-bond donors (Lipinski definition) is 1. The number of carbonyl (C=O) groups is 2. The van der Waals surface area contributed by atoms with E-state index in [1.807, 2.05) is 0 Å². The van der Waals surface area contributed by atoms with Gasteiger partial charge in [-0.15, -0.1) is 0 Å². The Balaban J connectivity index is 1.42. The lowest BCUT2D eigenvalue weighted by molar-refractivity contribution is -0.147. The zero-order valence-corrected chi connectivity index (χ0v) is 18.0. The van der Waals surface area contributed by atoms with Gasteiger partial charge in [-0.1, -0.05) is 32.1 Å². The molecule has 1 aromatic rings. The minimum atomic E-state index is -3.57. The number of amides is 1. The summed E-state index contributed by atoms with van der Waals surface area (Å²) in [4.78, 5) is 24.1. The molecule has 1 heterocycles. The van der Waals surface area contributed by atoms with E-state index in [1.165, 1.54) is 60.7 Å². The number of carbonyl (C=O) groups excluding carboxylic acids is 2. The molecule has 0 spiro atoms. The van der Waals surface area contributed by atoms with Crippen molar-refractivity contribution in [1.29, 1.82) is 0 Å². The molecule has 0 bridgehead atoms. The van der Waals surface area contributed by atoms with Gasteiger partial charge in [-0.25, -0.2) is 8.42 Å². The van der Waals surface area contributed by atoms with Crippen molar-refractivity contribution in [3.05, 3.63) is 24.3 Å². The first kappa shape index (κ1) is 22.7. The summed E-state index contributed by atoms with van der Waals surface area (Å²) in [6.07, 6.45) is 7.24. The molecule has 1 aliphatic heterocycles. The number of benzene rings is 1.